The first-order valence-electron chi connectivity index (χ1n) is 0. The van der Waals surface area contributed by atoms with E-state index in [9.17, 15) is 0 Å². The molecule has 2 N–H and O–H groups in total. The Hall–Kier alpha value is 3.75. The van der Waals surface area contributed by atoms with Crippen LogP contribution in [0.25, 0.3) is 0 Å². The van der Waals surface area contributed by atoms with Crippen molar-refractivity contribution in [1.82, 2.24) is 0 Å². The molecule has 0 rings (SSSR count). The molecule has 1 nitrogen and oxygen atoms in total. The van der Waals surface area contributed by atoms with Crippen LogP contribution in [0.3, 0.4) is 0 Å². The summed E-state index contributed by atoms with van der Waals surface area (Å²) in [7, 11) is 0. The van der Waals surface area contributed by atoms with Gasteiger partial charge in [-0.15, -0.1) is 0 Å². The Morgan fingerprint density at radius 2 is 1.00 bits per heavy atom. The third-order valence-electron chi connectivity index (χ3n) is 0. The second-order valence-electron chi connectivity index (χ2n) is 0. The summed E-state index contributed by atoms with van der Waals surface area (Å²) in [4.78, 5) is 0. The Morgan fingerprint density at radius 3 is 1.00 bits per heavy atom. The second-order valence-corrected chi connectivity index (χ2v) is 0. The van der Waals surface area contributed by atoms with E-state index in [1.165, 1.54) is 0 Å². The van der Waals surface area contributed by atoms with E-state index < -0.39 is 0 Å². The minimum absolute atomic E-state index is 0. The summed E-state index contributed by atoms with van der Waals surface area (Å²) in [5, 5.41) is 0. The molecule has 0 amide bonds. The van der Waals surface area contributed by atoms with Crippen molar-refractivity contribution in [2.75, 3.05) is 0 Å². The van der Waals surface area contributed by atoms with Gasteiger partial charge >= 0.3 is 0 Å². The molecule has 17 valence electrons. The Labute approximate surface area is 118 Å². The van der Waals surface area contributed by atoms with Gasteiger partial charge in [-0.3, -0.25) is 0 Å². The molecule has 5 radical (unpaired) electrons. The van der Waals surface area contributed by atoms with Crippen molar-refractivity contribution in [1.29, 1.82) is 0 Å². The quantitative estimate of drug-likeness (QED) is 0.478. The molecule has 0 aliphatic rings. The summed E-state index contributed by atoms with van der Waals surface area (Å²) in [6.45, 7) is 0. The van der Waals surface area contributed by atoms with Crippen molar-refractivity contribution >= 4 is 94.4 Å². The van der Waals surface area contributed by atoms with Crippen molar-refractivity contribution in [3.8, 4) is 0 Å². The summed E-state index contributed by atoms with van der Waals surface area (Å²) in [6, 6.07) is 0. The van der Waals surface area contributed by atoms with Gasteiger partial charge in [-0.25, -0.2) is 0 Å². The van der Waals surface area contributed by atoms with Gasteiger partial charge in [0.2, 0.25) is 0 Å². The van der Waals surface area contributed by atoms with Gasteiger partial charge in [-0.05, 0) is 0 Å². The molecule has 0 fully saturated rings. The van der Waals surface area contributed by atoms with E-state index >= 15 is 0 Å². The molecule has 0 aromatic heterocycles. The van der Waals surface area contributed by atoms with Gasteiger partial charge in [0.25, 0.3) is 0 Å². The van der Waals surface area contributed by atoms with Crippen LogP contribution in [0, 0.1) is 0 Å². The zero-order chi connectivity index (χ0) is 0. The van der Waals surface area contributed by atoms with Crippen LogP contribution in [0.2, 0.25) is 0 Å². The smallest absolute Gasteiger partial charge is 0 e. The van der Waals surface area contributed by atoms with Gasteiger partial charge in [0.05, 0.1) is 0 Å². The van der Waals surface area contributed by atoms with E-state index in [0.29, 0.717) is 0 Å². The van der Waals surface area contributed by atoms with E-state index in [4.69, 9.17) is 0 Å². The summed E-state index contributed by atoms with van der Waals surface area (Å²) in [5.41, 5.74) is 0. The molecule has 0 aromatic rings. The minimum atomic E-state index is 0. The summed E-state index contributed by atoms with van der Waals surface area (Å²) < 4.78 is 0. The van der Waals surface area contributed by atoms with Gasteiger partial charge in [0.1, 0.15) is 0 Å². The van der Waals surface area contributed by atoms with E-state index in [-0.39, 0.29) is 122 Å². The molecule has 0 bridgehead atoms. The zero-order valence-corrected chi connectivity index (χ0v) is 12.5. The molecule has 0 spiro atoms. The average molecular weight is 336 g/mol. The molecule has 0 saturated heterocycles. The summed E-state index contributed by atoms with van der Waals surface area (Å²) >= 11 is 0. The number of rotatable bonds is 0. The molecule has 0 saturated carbocycles. The first-order chi connectivity index (χ1) is 0. The maximum absolute atomic E-state index is 0. The largest absolute Gasteiger partial charge is 0.412 e. The molecule has 0 heterocycles. The predicted octanol–water partition coefficient (Wildman–Crippen LogP) is -1.59. The molecule has 4 heavy (non-hydrogen) atoms. The maximum Gasteiger partial charge on any atom is 0 e. The second kappa shape index (κ2) is 15.9. The Kier molecular flexibility index (Phi) is 99.6. The zero-order valence-electron chi connectivity index (χ0n) is 2.36. The van der Waals surface area contributed by atoms with Crippen molar-refractivity contribution in [3.63, 3.8) is 0 Å². The van der Waals surface area contributed by atoms with Crippen molar-refractivity contribution < 1.29 is 27.9 Å². The normalized spacial score (nSPS) is 0. The van der Waals surface area contributed by atoms with Gasteiger partial charge in [0, 0.05) is 117 Å². The van der Waals surface area contributed by atoms with Gasteiger partial charge in [0.15, 0.2) is 0 Å². The first-order valence-corrected chi connectivity index (χ1v) is 0. The molecule has 4 heteroatoms. The fourth-order valence-electron chi connectivity index (χ4n) is 0. The van der Waals surface area contributed by atoms with E-state index in [1.807, 2.05) is 0 Å². The number of hydrogen-bond donors (Lipinski definition) is 0. The van der Waals surface area contributed by atoms with Crippen LogP contribution < -0.4 is 0 Å². The van der Waals surface area contributed by atoms with Crippen LogP contribution in [0.15, 0.2) is 0 Å². The van der Waals surface area contributed by atoms with Crippen LogP contribution in [0.4, 0.5) is 0 Å². The van der Waals surface area contributed by atoms with Gasteiger partial charge < -0.3 is 5.48 Å². The molecule has 0 unspecified atom stereocenters. The molecule has 0 atom stereocenters. The van der Waals surface area contributed by atoms with Crippen LogP contribution >= 0.6 is 0 Å². The molecular formula is H2BaNbOSr. The topological polar surface area (TPSA) is 31.5 Å². The summed E-state index contributed by atoms with van der Waals surface area (Å²) in [6.07, 6.45) is 0. The monoisotopic (exact) mass is 337 g/mol. The fraction of sp³-hybridized carbons (Fsp3) is 0. The summed E-state index contributed by atoms with van der Waals surface area (Å²) in [5.74, 6) is 0. The van der Waals surface area contributed by atoms with Crippen LogP contribution in [0.1, 0.15) is 0 Å². The first kappa shape index (κ1) is 25.1. The van der Waals surface area contributed by atoms with Crippen molar-refractivity contribution in [2.45, 2.75) is 0 Å². The van der Waals surface area contributed by atoms with Gasteiger partial charge in [-0.2, -0.15) is 0 Å². The van der Waals surface area contributed by atoms with Crippen LogP contribution in [-0.4, -0.2) is 99.8 Å². The predicted molar refractivity (Wildman–Crippen MR) is 15.1 cm³/mol. The Morgan fingerprint density at radius 1 is 1.00 bits per heavy atom. The Balaban J connectivity index is 0. The standard InChI is InChI=1S/Ba.Nb.H2O.Sr/h;;1H2;. The molecule has 0 aromatic carbocycles. The third kappa shape index (κ3) is 9.23. The third-order valence-corrected chi connectivity index (χ3v) is 0. The molecule has 0 aliphatic carbocycles. The number of hydrogen-bond acceptors (Lipinski definition) is 0. The van der Waals surface area contributed by atoms with E-state index in [0.717, 1.165) is 0 Å². The van der Waals surface area contributed by atoms with E-state index in [1.54, 1.807) is 0 Å². The maximum atomic E-state index is 0. The van der Waals surface area contributed by atoms with Crippen LogP contribution in [0.5, 0.6) is 0 Å². The average Bonchev–Trinajstić information content (AvgIpc) is 0. The van der Waals surface area contributed by atoms with Crippen LogP contribution in [-0.2, 0) is 22.4 Å². The van der Waals surface area contributed by atoms with Crippen molar-refractivity contribution in [2.24, 2.45) is 0 Å². The Bertz CT molecular complexity index is 8.00. The molecular weight excluding hydrogens is 334 g/mol. The molecule has 0 aliphatic heterocycles. The van der Waals surface area contributed by atoms with Gasteiger partial charge in [-0.1, -0.05) is 0 Å². The fourth-order valence-corrected chi connectivity index (χ4v) is 0. The SMILES string of the molecule is O.[Ba].[Nb].[Sr]. The minimum Gasteiger partial charge on any atom is -0.412 e. The van der Waals surface area contributed by atoms with E-state index in [2.05, 4.69) is 0 Å². The van der Waals surface area contributed by atoms with Crippen molar-refractivity contribution in [3.05, 3.63) is 0 Å².